The van der Waals surface area contributed by atoms with Crippen LogP contribution in [-0.4, -0.2) is 59.9 Å². The normalized spacial score (nSPS) is 18.7. The number of hydrogen-bond donors (Lipinski definition) is 0. The van der Waals surface area contributed by atoms with Crippen molar-refractivity contribution in [1.82, 2.24) is 15.0 Å². The van der Waals surface area contributed by atoms with Crippen LogP contribution in [0, 0.1) is 5.41 Å². The molecule has 0 unspecified atom stereocenters. The fourth-order valence-electron chi connectivity index (χ4n) is 4.64. The lowest BCUT2D eigenvalue weighted by Crippen LogP contribution is -2.46. The van der Waals surface area contributed by atoms with E-state index in [1.54, 1.807) is 36.9 Å². The van der Waals surface area contributed by atoms with Crippen LogP contribution in [0.5, 0.6) is 11.5 Å². The lowest BCUT2D eigenvalue weighted by Gasteiger charge is -2.36. The van der Waals surface area contributed by atoms with Crippen LogP contribution in [0.1, 0.15) is 32.3 Å². The van der Waals surface area contributed by atoms with E-state index >= 15 is 0 Å². The van der Waals surface area contributed by atoms with Crippen molar-refractivity contribution in [3.8, 4) is 11.5 Å². The monoisotopic (exact) mass is 465 g/mol. The molecule has 9 heteroatoms. The third-order valence-corrected chi connectivity index (χ3v) is 7.43. The van der Waals surface area contributed by atoms with Gasteiger partial charge in [-0.3, -0.25) is 4.79 Å². The quantitative estimate of drug-likeness (QED) is 0.568. The maximum atomic E-state index is 13.4. The van der Waals surface area contributed by atoms with E-state index in [4.69, 9.17) is 14.6 Å². The minimum atomic E-state index is -0.716. The van der Waals surface area contributed by atoms with Gasteiger partial charge in [-0.1, -0.05) is 0 Å². The van der Waals surface area contributed by atoms with Crippen molar-refractivity contribution in [2.75, 3.05) is 32.2 Å². The molecule has 172 valence electrons. The van der Waals surface area contributed by atoms with Crippen LogP contribution in [0.3, 0.4) is 0 Å². The van der Waals surface area contributed by atoms with E-state index < -0.39 is 5.41 Å². The number of nitrogens with zero attached hydrogens (tertiary/aromatic N) is 5. The van der Waals surface area contributed by atoms with Gasteiger partial charge in [0.05, 0.1) is 41.6 Å². The molecule has 0 spiro atoms. The zero-order valence-electron chi connectivity index (χ0n) is 19.2. The fourth-order valence-corrected chi connectivity index (χ4v) is 5.50. The molecule has 1 amide bonds. The lowest BCUT2D eigenvalue weighted by molar-refractivity contribution is -0.137. The second kappa shape index (κ2) is 8.30. The zero-order valence-corrected chi connectivity index (χ0v) is 20.1. The summed E-state index contributed by atoms with van der Waals surface area (Å²) in [5.41, 5.74) is 1.89. The second-order valence-electron chi connectivity index (χ2n) is 8.84. The van der Waals surface area contributed by atoms with Crippen molar-refractivity contribution in [2.24, 2.45) is 10.5 Å². The number of hydrogen-bond acceptors (Lipinski definition) is 8. The van der Waals surface area contributed by atoms with E-state index in [0.29, 0.717) is 11.5 Å². The Labute approximate surface area is 196 Å². The van der Waals surface area contributed by atoms with Gasteiger partial charge in [-0.15, -0.1) is 11.3 Å². The molecular formula is C24H27N5O3S. The molecule has 2 aliphatic heterocycles. The van der Waals surface area contributed by atoms with E-state index in [1.807, 2.05) is 43.5 Å². The van der Waals surface area contributed by atoms with Gasteiger partial charge in [0, 0.05) is 18.7 Å². The molecule has 1 fully saturated rings. The molecule has 0 saturated carbocycles. The molecule has 0 atom stereocenters. The molecule has 33 heavy (non-hydrogen) atoms. The SMILES string of the molecule is COc1ccc(C2=NN(C3CCN(c4ncnc5ccsc45)CC3)C(=O)C2(C)C)cc1OC. The number of hydrazone groups is 1. The lowest BCUT2D eigenvalue weighted by atomic mass is 9.83. The molecular weight excluding hydrogens is 438 g/mol. The van der Waals surface area contributed by atoms with Crippen LogP contribution in [0.15, 0.2) is 41.1 Å². The van der Waals surface area contributed by atoms with Gasteiger partial charge in [0.1, 0.15) is 12.1 Å². The highest BCUT2D eigenvalue weighted by molar-refractivity contribution is 7.17. The molecule has 4 heterocycles. The Bertz CT molecular complexity index is 1230. The molecule has 2 aromatic heterocycles. The van der Waals surface area contributed by atoms with Crippen LogP contribution in [0.25, 0.3) is 10.2 Å². The van der Waals surface area contributed by atoms with Gasteiger partial charge < -0.3 is 14.4 Å². The Kier molecular flexibility index (Phi) is 5.44. The number of thiophene rings is 1. The van der Waals surface area contributed by atoms with Crippen molar-refractivity contribution < 1.29 is 14.3 Å². The number of methoxy groups -OCH3 is 2. The van der Waals surface area contributed by atoms with Crippen molar-refractivity contribution in [3.05, 3.63) is 41.5 Å². The molecule has 0 aliphatic carbocycles. The molecule has 3 aromatic rings. The summed E-state index contributed by atoms with van der Waals surface area (Å²) in [7, 11) is 3.22. The summed E-state index contributed by atoms with van der Waals surface area (Å²) in [6, 6.07) is 7.76. The smallest absolute Gasteiger partial charge is 0.254 e. The topological polar surface area (TPSA) is 80.2 Å². The summed E-state index contributed by atoms with van der Waals surface area (Å²) in [6.07, 6.45) is 3.30. The van der Waals surface area contributed by atoms with Crippen molar-refractivity contribution in [1.29, 1.82) is 0 Å². The summed E-state index contributed by atoms with van der Waals surface area (Å²) in [6.45, 7) is 5.52. The Hall–Kier alpha value is -3.20. The minimum absolute atomic E-state index is 0.0356. The maximum absolute atomic E-state index is 13.4. The first-order chi connectivity index (χ1) is 15.9. The first kappa shape index (κ1) is 21.6. The highest BCUT2D eigenvalue weighted by Gasteiger charge is 2.46. The number of carbonyl (C=O) groups is 1. The Balaban J connectivity index is 1.37. The van der Waals surface area contributed by atoms with Crippen LogP contribution in [0.2, 0.25) is 0 Å². The van der Waals surface area contributed by atoms with Gasteiger partial charge in [0.2, 0.25) is 0 Å². The largest absolute Gasteiger partial charge is 0.493 e. The molecule has 2 aliphatic rings. The van der Waals surface area contributed by atoms with E-state index in [-0.39, 0.29) is 11.9 Å². The number of aromatic nitrogens is 2. The summed E-state index contributed by atoms with van der Waals surface area (Å²) >= 11 is 1.67. The molecule has 0 bridgehead atoms. The van der Waals surface area contributed by atoms with Gasteiger partial charge in [-0.2, -0.15) is 5.10 Å². The van der Waals surface area contributed by atoms with E-state index in [2.05, 4.69) is 14.9 Å². The maximum Gasteiger partial charge on any atom is 0.254 e. The highest BCUT2D eigenvalue weighted by atomic mass is 32.1. The molecule has 1 saturated heterocycles. The number of anilines is 1. The summed E-state index contributed by atoms with van der Waals surface area (Å²) in [5, 5.41) is 8.61. The third-order valence-electron chi connectivity index (χ3n) is 6.53. The van der Waals surface area contributed by atoms with Gasteiger partial charge >= 0.3 is 0 Å². The first-order valence-corrected chi connectivity index (χ1v) is 11.9. The summed E-state index contributed by atoms with van der Waals surface area (Å²) < 4.78 is 11.9. The molecule has 0 N–H and O–H groups in total. The minimum Gasteiger partial charge on any atom is -0.493 e. The molecule has 0 radical (unpaired) electrons. The number of fused-ring (bicyclic) bond motifs is 1. The Morgan fingerprint density at radius 3 is 2.55 bits per heavy atom. The summed E-state index contributed by atoms with van der Waals surface area (Å²) in [4.78, 5) is 24.6. The van der Waals surface area contributed by atoms with Gasteiger partial charge in [0.15, 0.2) is 11.5 Å². The predicted octanol–water partition coefficient (Wildman–Crippen LogP) is 3.95. The van der Waals surface area contributed by atoms with Crippen LogP contribution in [0.4, 0.5) is 5.82 Å². The Morgan fingerprint density at radius 2 is 1.82 bits per heavy atom. The van der Waals surface area contributed by atoms with Gasteiger partial charge in [0.25, 0.3) is 5.91 Å². The number of piperidine rings is 1. The zero-order chi connectivity index (χ0) is 23.2. The molecule has 5 rings (SSSR count). The highest BCUT2D eigenvalue weighted by Crippen LogP contribution is 2.38. The van der Waals surface area contributed by atoms with Crippen molar-refractivity contribution in [2.45, 2.75) is 32.7 Å². The molecule has 1 aromatic carbocycles. The summed E-state index contributed by atoms with van der Waals surface area (Å²) in [5.74, 6) is 2.29. The van der Waals surface area contributed by atoms with E-state index in [0.717, 1.165) is 53.2 Å². The van der Waals surface area contributed by atoms with E-state index in [9.17, 15) is 4.79 Å². The number of carbonyl (C=O) groups excluding carboxylic acids is 1. The number of ether oxygens (including phenoxy) is 2. The van der Waals surface area contributed by atoms with Gasteiger partial charge in [-0.25, -0.2) is 15.0 Å². The average Bonchev–Trinajstić information content (AvgIpc) is 3.41. The fraction of sp³-hybridized carbons (Fsp3) is 0.417. The predicted molar refractivity (Wildman–Crippen MR) is 129 cm³/mol. The second-order valence-corrected chi connectivity index (χ2v) is 9.76. The van der Waals surface area contributed by atoms with Gasteiger partial charge in [-0.05, 0) is 56.3 Å². The number of rotatable bonds is 5. The molecule has 8 nitrogen and oxygen atoms in total. The average molecular weight is 466 g/mol. The Morgan fingerprint density at radius 1 is 1.06 bits per heavy atom. The number of amides is 1. The van der Waals surface area contributed by atoms with Crippen molar-refractivity contribution in [3.63, 3.8) is 0 Å². The first-order valence-electron chi connectivity index (χ1n) is 11.0. The van der Waals surface area contributed by atoms with Crippen LogP contribution in [-0.2, 0) is 4.79 Å². The van der Waals surface area contributed by atoms with Crippen LogP contribution >= 0.6 is 11.3 Å². The van der Waals surface area contributed by atoms with Crippen LogP contribution < -0.4 is 14.4 Å². The van der Waals surface area contributed by atoms with E-state index in [1.165, 1.54) is 0 Å². The van der Waals surface area contributed by atoms with Crippen molar-refractivity contribution >= 4 is 39.0 Å². The third kappa shape index (κ3) is 3.60. The standard InChI is InChI=1S/C24H27N5O3S/c1-24(2)21(15-5-6-18(31-3)19(13-15)32-4)27-29(23(24)30)16-7-10-28(11-8-16)22-20-17(9-12-33-20)25-14-26-22/h5-6,9,12-14,16H,7-8,10-11H2,1-4H3. The number of benzene rings is 1.